The van der Waals surface area contributed by atoms with E-state index in [4.69, 9.17) is 0 Å². The second-order valence-corrected chi connectivity index (χ2v) is 7.81. The van der Waals surface area contributed by atoms with Gasteiger partial charge in [0.25, 0.3) is 5.91 Å². The lowest BCUT2D eigenvalue weighted by atomic mass is 9.90. The number of rotatable bonds is 7. The maximum absolute atomic E-state index is 12.5. The van der Waals surface area contributed by atoms with Gasteiger partial charge in [-0.2, -0.15) is 0 Å². The average molecular weight is 404 g/mol. The van der Waals surface area contributed by atoms with Crippen molar-refractivity contribution in [2.75, 3.05) is 34.2 Å². The van der Waals surface area contributed by atoms with Gasteiger partial charge in [-0.15, -0.1) is 0 Å². The summed E-state index contributed by atoms with van der Waals surface area (Å²) in [5.74, 6) is -0.353. The van der Waals surface area contributed by atoms with Crippen molar-refractivity contribution in [1.82, 2.24) is 10.2 Å². The Labute approximate surface area is 174 Å². The van der Waals surface area contributed by atoms with Gasteiger partial charge in [-0.3, -0.25) is 14.6 Å². The number of fused-ring (bicyclic) bond motifs is 2. The molecular weight excluding hydrogens is 380 g/mol. The second-order valence-electron chi connectivity index (χ2n) is 7.81. The van der Waals surface area contributed by atoms with Crippen LogP contribution in [0.1, 0.15) is 18.4 Å². The number of carbonyl (C=O) groups excluding carboxylic acids is 2. The van der Waals surface area contributed by atoms with E-state index in [1.807, 2.05) is 26.0 Å². The molecule has 2 heterocycles. The van der Waals surface area contributed by atoms with Gasteiger partial charge in [0, 0.05) is 23.9 Å². The van der Waals surface area contributed by atoms with Crippen LogP contribution in [-0.4, -0.2) is 62.1 Å². The van der Waals surface area contributed by atoms with E-state index in [9.17, 15) is 14.7 Å². The monoisotopic (exact) mass is 404 g/mol. The number of phenolic OH excluding ortho intramolecular Hbond substituents is 1. The Morgan fingerprint density at radius 1 is 1.13 bits per heavy atom. The molecule has 0 saturated carbocycles. The van der Waals surface area contributed by atoms with E-state index in [-0.39, 0.29) is 17.4 Å². The third kappa shape index (κ3) is 3.46. The predicted molar refractivity (Wildman–Crippen MR) is 116 cm³/mol. The average Bonchev–Trinajstić information content (AvgIpc) is 3.26. The highest BCUT2D eigenvalue weighted by atomic mass is 16.3. The first-order valence-corrected chi connectivity index (χ1v) is 9.94. The summed E-state index contributed by atoms with van der Waals surface area (Å²) in [6.45, 7) is 1.44. The largest absolute Gasteiger partial charge is 0.507 e. The van der Waals surface area contributed by atoms with Gasteiger partial charge >= 0.3 is 0 Å². The van der Waals surface area contributed by atoms with Crippen LogP contribution >= 0.6 is 0 Å². The van der Waals surface area contributed by atoms with E-state index >= 15 is 0 Å². The fourth-order valence-electron chi connectivity index (χ4n) is 3.92. The minimum Gasteiger partial charge on any atom is -0.507 e. The van der Waals surface area contributed by atoms with Crippen LogP contribution in [-0.2, 0) is 9.59 Å². The molecule has 7 nitrogen and oxygen atoms in total. The number of aromatic hydroxyl groups is 1. The van der Waals surface area contributed by atoms with Crippen LogP contribution in [0, 0.1) is 0 Å². The molecule has 1 aliphatic carbocycles. The summed E-state index contributed by atoms with van der Waals surface area (Å²) in [6.07, 6.45) is 6.21. The summed E-state index contributed by atoms with van der Waals surface area (Å²) in [4.78, 5) is 35.5. The van der Waals surface area contributed by atoms with E-state index in [1.165, 1.54) is 6.08 Å². The summed E-state index contributed by atoms with van der Waals surface area (Å²) in [5.41, 5.74) is 4.06. The van der Waals surface area contributed by atoms with Crippen LogP contribution in [0.5, 0.6) is 5.75 Å². The van der Waals surface area contributed by atoms with Crippen LogP contribution in [0.2, 0.25) is 0 Å². The molecule has 0 unspecified atom stereocenters. The van der Waals surface area contributed by atoms with Gasteiger partial charge in [0.05, 0.1) is 21.8 Å². The number of nitrogens with zero attached hydrogens (tertiary/aromatic N) is 3. The molecule has 1 amide bonds. The predicted octanol–water partition coefficient (Wildman–Crippen LogP) is 0.495. The summed E-state index contributed by atoms with van der Waals surface area (Å²) < 4.78 is 0. The molecule has 3 aliphatic rings. The van der Waals surface area contributed by atoms with Crippen molar-refractivity contribution in [2.45, 2.75) is 12.8 Å². The molecule has 0 radical (unpaired) electrons. The van der Waals surface area contributed by atoms with E-state index in [2.05, 4.69) is 15.3 Å². The molecule has 0 atom stereocenters. The fourth-order valence-corrected chi connectivity index (χ4v) is 3.92. The molecule has 1 aromatic rings. The summed E-state index contributed by atoms with van der Waals surface area (Å²) in [6, 6.07) is 3.42. The van der Waals surface area contributed by atoms with Crippen LogP contribution in [0.3, 0.4) is 0 Å². The van der Waals surface area contributed by atoms with Crippen LogP contribution in [0.15, 0.2) is 51.1 Å². The van der Waals surface area contributed by atoms with Gasteiger partial charge in [-0.1, -0.05) is 0 Å². The molecule has 154 valence electrons. The topological polar surface area (TPSA) is 94.4 Å². The number of hydrogen-bond acceptors (Lipinski definition) is 6. The van der Waals surface area contributed by atoms with Gasteiger partial charge < -0.3 is 15.3 Å². The lowest BCUT2D eigenvalue weighted by molar-refractivity contribution is -0.113. The molecule has 7 heteroatoms. The summed E-state index contributed by atoms with van der Waals surface area (Å²) in [5, 5.41) is 14.8. The second kappa shape index (κ2) is 7.93. The molecule has 0 fully saturated rings. The zero-order valence-corrected chi connectivity index (χ0v) is 17.3. The van der Waals surface area contributed by atoms with Gasteiger partial charge in [0.15, 0.2) is 5.78 Å². The van der Waals surface area contributed by atoms with E-state index in [0.29, 0.717) is 52.4 Å². The highest BCUT2D eigenvalue weighted by Crippen LogP contribution is 2.36. The smallest absolute Gasteiger partial charge is 0.274 e. The molecule has 2 N–H and O–H groups in total. The first-order chi connectivity index (χ1) is 14.4. The molecular formula is C23H24N4O3. The Kier molecular flexibility index (Phi) is 5.32. The number of benzene rings is 1. The van der Waals surface area contributed by atoms with Crippen molar-refractivity contribution >= 4 is 29.1 Å². The van der Waals surface area contributed by atoms with Crippen molar-refractivity contribution in [3.8, 4) is 5.75 Å². The third-order valence-corrected chi connectivity index (χ3v) is 5.45. The number of allylic oxidation sites excluding steroid dienone is 4. The molecule has 1 aromatic carbocycles. The Bertz CT molecular complexity index is 1200. The zero-order valence-electron chi connectivity index (χ0n) is 17.3. The van der Waals surface area contributed by atoms with Gasteiger partial charge in [-0.05, 0) is 76.0 Å². The summed E-state index contributed by atoms with van der Waals surface area (Å²) >= 11 is 0. The Morgan fingerprint density at radius 3 is 2.67 bits per heavy atom. The maximum Gasteiger partial charge on any atom is 0.274 e. The first-order valence-electron chi connectivity index (χ1n) is 9.94. The SMILES string of the molecule is CNCCC1=C2C(=O)C=CC(c3cc(O)c4c(c3)=NC(=O)C=4CCN(C)C)=C2N=C1. The van der Waals surface area contributed by atoms with Crippen molar-refractivity contribution in [2.24, 2.45) is 9.98 Å². The minimum atomic E-state index is -0.305. The minimum absolute atomic E-state index is 0.0205. The molecule has 4 rings (SSSR count). The fraction of sp³-hybridized carbons (Fsp3) is 0.304. The highest BCUT2D eigenvalue weighted by molar-refractivity contribution is 6.18. The van der Waals surface area contributed by atoms with Crippen molar-refractivity contribution < 1.29 is 14.7 Å². The number of phenols is 1. The number of aliphatic imine (C=N–C) groups is 1. The molecule has 0 saturated heterocycles. The number of carbonyl (C=O) groups is 2. The Hall–Kier alpha value is -3.16. The first kappa shape index (κ1) is 20.1. The third-order valence-electron chi connectivity index (χ3n) is 5.45. The van der Waals surface area contributed by atoms with E-state index in [1.54, 1.807) is 24.4 Å². The van der Waals surface area contributed by atoms with E-state index < -0.39 is 0 Å². The Balaban J connectivity index is 1.82. The molecule has 30 heavy (non-hydrogen) atoms. The number of nitrogens with one attached hydrogen (secondary N) is 1. The van der Waals surface area contributed by atoms with Gasteiger partial charge in [-0.25, -0.2) is 4.99 Å². The zero-order chi connectivity index (χ0) is 21.4. The Morgan fingerprint density at radius 2 is 1.93 bits per heavy atom. The van der Waals surface area contributed by atoms with Crippen molar-refractivity contribution in [3.63, 3.8) is 0 Å². The van der Waals surface area contributed by atoms with Crippen molar-refractivity contribution in [1.29, 1.82) is 0 Å². The molecule has 2 aliphatic heterocycles. The quantitative estimate of drug-likeness (QED) is 0.690. The standard InChI is InChI=1S/C23H24N4O3/c1-24-8-6-13-12-25-22-15(4-5-18(28)20(13)22)14-10-17-21(19(29)11-14)16(23(30)26-17)7-9-27(2)3/h4-5,10-12,24,29H,6-9H2,1-3H3. The number of amides is 1. The highest BCUT2D eigenvalue weighted by Gasteiger charge is 2.28. The van der Waals surface area contributed by atoms with Crippen molar-refractivity contribution in [3.05, 3.63) is 57.3 Å². The molecule has 0 spiro atoms. The lowest BCUT2D eigenvalue weighted by Crippen LogP contribution is -2.25. The normalized spacial score (nSPS) is 17.4. The van der Waals surface area contributed by atoms with Crippen LogP contribution < -0.4 is 15.9 Å². The van der Waals surface area contributed by atoms with Gasteiger partial charge in [0.1, 0.15) is 5.75 Å². The van der Waals surface area contributed by atoms with Gasteiger partial charge in [0.2, 0.25) is 0 Å². The van der Waals surface area contributed by atoms with Crippen LogP contribution in [0.4, 0.5) is 0 Å². The number of ketones is 1. The lowest BCUT2D eigenvalue weighted by Gasteiger charge is -2.14. The molecule has 0 bridgehead atoms. The molecule has 0 aromatic heterocycles. The maximum atomic E-state index is 12.5. The van der Waals surface area contributed by atoms with E-state index in [0.717, 1.165) is 17.7 Å². The van der Waals surface area contributed by atoms with Crippen LogP contribution in [0.25, 0.3) is 11.1 Å². The summed E-state index contributed by atoms with van der Waals surface area (Å²) in [7, 11) is 5.73. The number of hydrogen-bond donors (Lipinski definition) is 2.